The third-order valence-electron chi connectivity index (χ3n) is 2.99. The Labute approximate surface area is 97.1 Å². The van der Waals surface area contributed by atoms with Crippen molar-refractivity contribution in [1.82, 2.24) is 0 Å². The highest BCUT2D eigenvalue weighted by molar-refractivity contribution is 6.17. The molecular formula is C13H19ClO. The van der Waals surface area contributed by atoms with E-state index in [1.54, 1.807) is 0 Å². The van der Waals surface area contributed by atoms with Gasteiger partial charge in [0.05, 0.1) is 0 Å². The van der Waals surface area contributed by atoms with E-state index in [1.165, 1.54) is 5.56 Å². The standard InChI is InChI=1S/C13H19ClO/c1-9-7-11(8-10(2)12(9)15)13(3,4)5-6-14/h7-8,15H,5-6H2,1-4H3. The molecule has 0 amide bonds. The van der Waals surface area contributed by atoms with Crippen LogP contribution in [0.4, 0.5) is 0 Å². The average Bonchev–Trinajstić information content (AvgIpc) is 2.13. The zero-order valence-corrected chi connectivity index (χ0v) is 10.7. The first-order valence-electron chi connectivity index (χ1n) is 5.25. The molecule has 0 bridgehead atoms. The van der Waals surface area contributed by atoms with Crippen LogP contribution in [0.3, 0.4) is 0 Å². The van der Waals surface area contributed by atoms with Gasteiger partial charge in [0.15, 0.2) is 0 Å². The van der Waals surface area contributed by atoms with Gasteiger partial charge in [0.2, 0.25) is 0 Å². The highest BCUT2D eigenvalue weighted by atomic mass is 35.5. The summed E-state index contributed by atoms with van der Waals surface area (Å²) in [6.07, 6.45) is 0.943. The maximum atomic E-state index is 9.70. The SMILES string of the molecule is Cc1cc(C(C)(C)CCCl)cc(C)c1O. The summed E-state index contributed by atoms with van der Waals surface area (Å²) in [6.45, 7) is 8.23. The summed E-state index contributed by atoms with van der Waals surface area (Å²) in [5, 5.41) is 9.70. The predicted molar refractivity (Wildman–Crippen MR) is 65.9 cm³/mol. The molecule has 0 atom stereocenters. The van der Waals surface area contributed by atoms with Crippen molar-refractivity contribution in [2.75, 3.05) is 5.88 Å². The van der Waals surface area contributed by atoms with Gasteiger partial charge in [-0.05, 0) is 42.4 Å². The number of benzene rings is 1. The van der Waals surface area contributed by atoms with Gasteiger partial charge in [0.25, 0.3) is 0 Å². The molecule has 15 heavy (non-hydrogen) atoms. The minimum atomic E-state index is 0.0744. The van der Waals surface area contributed by atoms with E-state index >= 15 is 0 Å². The van der Waals surface area contributed by atoms with Gasteiger partial charge < -0.3 is 5.11 Å². The fourth-order valence-corrected chi connectivity index (χ4v) is 2.20. The van der Waals surface area contributed by atoms with Gasteiger partial charge in [0.1, 0.15) is 5.75 Å². The molecule has 1 rings (SSSR count). The number of halogens is 1. The summed E-state index contributed by atoms with van der Waals surface area (Å²) < 4.78 is 0. The summed E-state index contributed by atoms with van der Waals surface area (Å²) in [5.41, 5.74) is 3.20. The van der Waals surface area contributed by atoms with E-state index in [9.17, 15) is 5.11 Å². The van der Waals surface area contributed by atoms with Crippen molar-refractivity contribution in [3.05, 3.63) is 28.8 Å². The zero-order valence-electron chi connectivity index (χ0n) is 9.89. The smallest absolute Gasteiger partial charge is 0.121 e. The molecule has 0 aromatic heterocycles. The molecule has 0 unspecified atom stereocenters. The molecular weight excluding hydrogens is 208 g/mol. The van der Waals surface area contributed by atoms with Gasteiger partial charge in [-0.3, -0.25) is 0 Å². The van der Waals surface area contributed by atoms with Crippen LogP contribution in [0.1, 0.15) is 37.0 Å². The molecule has 0 aliphatic rings. The van der Waals surface area contributed by atoms with Crippen LogP contribution in [0.25, 0.3) is 0 Å². The van der Waals surface area contributed by atoms with Gasteiger partial charge in [-0.25, -0.2) is 0 Å². The number of rotatable bonds is 3. The lowest BCUT2D eigenvalue weighted by molar-refractivity contribution is 0.463. The molecule has 1 nitrogen and oxygen atoms in total. The Morgan fingerprint density at radius 3 is 2.07 bits per heavy atom. The lowest BCUT2D eigenvalue weighted by Gasteiger charge is -2.25. The quantitative estimate of drug-likeness (QED) is 0.775. The Morgan fingerprint density at radius 2 is 1.67 bits per heavy atom. The maximum absolute atomic E-state index is 9.70. The van der Waals surface area contributed by atoms with Crippen LogP contribution >= 0.6 is 11.6 Å². The fraction of sp³-hybridized carbons (Fsp3) is 0.538. The second-order valence-corrected chi connectivity index (χ2v) is 5.16. The Morgan fingerprint density at radius 1 is 1.20 bits per heavy atom. The summed E-state index contributed by atoms with van der Waals surface area (Å²) in [5.74, 6) is 1.06. The topological polar surface area (TPSA) is 20.2 Å². The Bertz CT molecular complexity index is 333. The van der Waals surface area contributed by atoms with Crippen LogP contribution in [0.15, 0.2) is 12.1 Å². The first-order chi connectivity index (χ1) is 6.88. The van der Waals surface area contributed by atoms with Crippen LogP contribution in [-0.4, -0.2) is 11.0 Å². The Kier molecular flexibility index (Phi) is 3.67. The van der Waals surface area contributed by atoms with Gasteiger partial charge in [-0.1, -0.05) is 26.0 Å². The molecule has 0 radical (unpaired) electrons. The first kappa shape index (κ1) is 12.4. The molecule has 0 saturated carbocycles. The van der Waals surface area contributed by atoms with Crippen LogP contribution in [0.5, 0.6) is 5.75 Å². The van der Waals surface area contributed by atoms with E-state index in [1.807, 2.05) is 13.8 Å². The minimum Gasteiger partial charge on any atom is -0.507 e. The van der Waals surface area contributed by atoms with Gasteiger partial charge in [-0.15, -0.1) is 11.6 Å². The molecule has 84 valence electrons. The van der Waals surface area contributed by atoms with E-state index in [-0.39, 0.29) is 5.41 Å². The van der Waals surface area contributed by atoms with E-state index < -0.39 is 0 Å². The highest BCUT2D eigenvalue weighted by Gasteiger charge is 2.21. The number of hydrogen-bond donors (Lipinski definition) is 1. The molecule has 1 N–H and O–H groups in total. The van der Waals surface area contributed by atoms with Crippen molar-refractivity contribution in [3.63, 3.8) is 0 Å². The third-order valence-corrected chi connectivity index (χ3v) is 3.18. The molecule has 1 aromatic rings. The second kappa shape index (κ2) is 4.44. The summed E-state index contributed by atoms with van der Waals surface area (Å²) >= 11 is 5.80. The summed E-state index contributed by atoms with van der Waals surface area (Å²) in [6, 6.07) is 4.10. The molecule has 1 aromatic carbocycles. The van der Waals surface area contributed by atoms with Crippen molar-refractivity contribution in [2.45, 2.75) is 39.5 Å². The van der Waals surface area contributed by atoms with Crippen LogP contribution in [0, 0.1) is 13.8 Å². The summed E-state index contributed by atoms with van der Waals surface area (Å²) in [7, 11) is 0. The molecule has 0 aliphatic carbocycles. The zero-order chi connectivity index (χ0) is 11.6. The lowest BCUT2D eigenvalue weighted by Crippen LogP contribution is -2.18. The lowest BCUT2D eigenvalue weighted by atomic mass is 9.81. The third kappa shape index (κ3) is 2.66. The monoisotopic (exact) mass is 226 g/mol. The molecule has 0 fully saturated rings. The van der Waals surface area contributed by atoms with E-state index in [4.69, 9.17) is 11.6 Å². The number of alkyl halides is 1. The number of hydrogen-bond acceptors (Lipinski definition) is 1. The first-order valence-corrected chi connectivity index (χ1v) is 5.78. The van der Waals surface area contributed by atoms with Crippen molar-refractivity contribution in [3.8, 4) is 5.75 Å². The van der Waals surface area contributed by atoms with Gasteiger partial charge in [0, 0.05) is 5.88 Å². The molecule has 0 aliphatic heterocycles. The minimum absolute atomic E-state index is 0.0744. The molecule has 0 heterocycles. The number of aromatic hydroxyl groups is 1. The normalized spacial score (nSPS) is 11.8. The largest absolute Gasteiger partial charge is 0.507 e. The van der Waals surface area contributed by atoms with Gasteiger partial charge in [-0.2, -0.15) is 0 Å². The predicted octanol–water partition coefficient (Wildman–Crippen LogP) is 3.92. The van der Waals surface area contributed by atoms with Crippen molar-refractivity contribution < 1.29 is 5.11 Å². The molecule has 0 spiro atoms. The Hall–Kier alpha value is -0.690. The van der Waals surface area contributed by atoms with Crippen LogP contribution in [-0.2, 0) is 5.41 Å². The molecule has 2 heteroatoms. The average molecular weight is 227 g/mol. The van der Waals surface area contributed by atoms with Gasteiger partial charge >= 0.3 is 0 Å². The van der Waals surface area contributed by atoms with Crippen molar-refractivity contribution in [2.24, 2.45) is 0 Å². The van der Waals surface area contributed by atoms with E-state index in [0.29, 0.717) is 11.6 Å². The molecule has 0 saturated heterocycles. The number of phenolic OH excluding ortho intramolecular Hbond substituents is 1. The fourth-order valence-electron chi connectivity index (χ4n) is 1.73. The van der Waals surface area contributed by atoms with E-state index in [0.717, 1.165) is 17.5 Å². The van der Waals surface area contributed by atoms with Crippen molar-refractivity contribution >= 4 is 11.6 Å². The number of aryl methyl sites for hydroxylation is 2. The highest BCUT2D eigenvalue weighted by Crippen LogP contribution is 2.32. The van der Waals surface area contributed by atoms with Crippen LogP contribution < -0.4 is 0 Å². The Balaban J connectivity index is 3.16. The van der Waals surface area contributed by atoms with E-state index in [2.05, 4.69) is 26.0 Å². The van der Waals surface area contributed by atoms with Crippen molar-refractivity contribution in [1.29, 1.82) is 0 Å². The second-order valence-electron chi connectivity index (χ2n) is 4.78. The number of phenols is 1. The maximum Gasteiger partial charge on any atom is 0.121 e. The van der Waals surface area contributed by atoms with Crippen LogP contribution in [0.2, 0.25) is 0 Å². The summed E-state index contributed by atoms with van der Waals surface area (Å²) in [4.78, 5) is 0.